The highest BCUT2D eigenvalue weighted by Gasteiger charge is 2.56. The first kappa shape index (κ1) is 18.9. The zero-order chi connectivity index (χ0) is 19.1. The van der Waals surface area contributed by atoms with E-state index in [1.165, 1.54) is 4.90 Å². The van der Waals surface area contributed by atoms with Crippen molar-refractivity contribution in [2.45, 2.75) is 51.7 Å². The second kappa shape index (κ2) is 6.72. The summed E-state index contributed by atoms with van der Waals surface area (Å²) in [5, 5.41) is 9.75. The fraction of sp³-hybridized carbons (Fsp3) is 0.833. The molecule has 0 aromatic carbocycles. The van der Waals surface area contributed by atoms with Gasteiger partial charge in [-0.3, -0.25) is 14.5 Å². The summed E-state index contributed by atoms with van der Waals surface area (Å²) in [5.74, 6) is -1.24. The largest absolute Gasteiger partial charge is 0.481 e. The topological polar surface area (TPSA) is 96.4 Å². The molecular weight excluding hydrogens is 340 g/mol. The molecule has 0 aromatic heterocycles. The molecule has 0 saturated carbocycles. The Bertz CT molecular complexity index is 601. The highest BCUT2D eigenvalue weighted by molar-refractivity contribution is 5.88. The van der Waals surface area contributed by atoms with Crippen LogP contribution < -0.4 is 0 Å². The summed E-state index contributed by atoms with van der Waals surface area (Å²) < 4.78 is 10.9. The third kappa shape index (κ3) is 3.39. The van der Waals surface area contributed by atoms with Gasteiger partial charge in [-0.1, -0.05) is 0 Å². The van der Waals surface area contributed by atoms with E-state index in [2.05, 4.69) is 0 Å². The number of fused-ring (bicyclic) bond motifs is 1. The summed E-state index contributed by atoms with van der Waals surface area (Å²) in [6, 6.07) is -0.572. The molecule has 0 bridgehead atoms. The van der Waals surface area contributed by atoms with E-state index in [0.29, 0.717) is 39.1 Å². The van der Waals surface area contributed by atoms with Crippen LogP contribution in [0.15, 0.2) is 0 Å². The van der Waals surface area contributed by atoms with Gasteiger partial charge >= 0.3 is 12.1 Å². The number of hydrogen-bond donors (Lipinski definition) is 1. The van der Waals surface area contributed by atoms with E-state index in [0.717, 1.165) is 6.42 Å². The van der Waals surface area contributed by atoms with E-state index in [9.17, 15) is 19.5 Å². The van der Waals surface area contributed by atoms with E-state index in [1.54, 1.807) is 25.7 Å². The van der Waals surface area contributed by atoms with Gasteiger partial charge in [-0.2, -0.15) is 0 Å². The highest BCUT2D eigenvalue weighted by Crippen LogP contribution is 2.43. The van der Waals surface area contributed by atoms with Crippen molar-refractivity contribution in [2.24, 2.45) is 11.3 Å². The number of carbonyl (C=O) groups excluding carboxylic acids is 2. The van der Waals surface area contributed by atoms with Crippen LogP contribution in [0.1, 0.15) is 40.0 Å². The number of carboxylic acid groups (broad SMARTS) is 1. The van der Waals surface area contributed by atoms with Crippen LogP contribution in [-0.4, -0.2) is 77.4 Å². The number of likely N-dealkylation sites (tertiary alicyclic amines) is 2. The van der Waals surface area contributed by atoms with Crippen molar-refractivity contribution >= 4 is 18.0 Å². The van der Waals surface area contributed by atoms with Crippen molar-refractivity contribution in [2.75, 3.05) is 32.8 Å². The smallest absolute Gasteiger partial charge is 0.410 e. The summed E-state index contributed by atoms with van der Waals surface area (Å²) in [4.78, 5) is 40.5. The van der Waals surface area contributed by atoms with E-state index < -0.39 is 29.1 Å². The maximum Gasteiger partial charge on any atom is 0.410 e. The second-order valence-corrected chi connectivity index (χ2v) is 8.53. The SMILES string of the molecule is CC(C)(C)OC(=O)N1CCCC1C(=O)N1CC2COCC[C@@]2(C(=O)O)C1. The van der Waals surface area contributed by atoms with Gasteiger partial charge < -0.3 is 19.5 Å². The minimum Gasteiger partial charge on any atom is -0.481 e. The standard InChI is InChI=1S/C18H28N2O6/c1-17(2,3)26-16(24)20-7-4-5-13(20)14(21)19-9-12-10-25-8-6-18(12,11-19)15(22)23/h12-13H,4-11H2,1-3H3,(H,22,23)/t12?,13?,18-/m1/s1. The van der Waals surface area contributed by atoms with Gasteiger partial charge in [-0.25, -0.2) is 4.79 Å². The molecule has 8 nitrogen and oxygen atoms in total. The molecule has 0 aliphatic carbocycles. The van der Waals surface area contributed by atoms with Gasteiger partial charge in [0.05, 0.1) is 12.0 Å². The summed E-state index contributed by atoms with van der Waals surface area (Å²) in [7, 11) is 0. The number of carboxylic acids is 1. The first-order valence-corrected chi connectivity index (χ1v) is 9.23. The zero-order valence-electron chi connectivity index (χ0n) is 15.7. The zero-order valence-corrected chi connectivity index (χ0v) is 15.7. The lowest BCUT2D eigenvalue weighted by Gasteiger charge is -2.34. The molecule has 2 amide bonds. The van der Waals surface area contributed by atoms with Crippen LogP contribution in [-0.2, 0) is 19.1 Å². The lowest BCUT2D eigenvalue weighted by molar-refractivity contribution is -0.157. The van der Waals surface area contributed by atoms with Crippen LogP contribution >= 0.6 is 0 Å². The molecule has 1 N–H and O–H groups in total. The monoisotopic (exact) mass is 368 g/mol. The second-order valence-electron chi connectivity index (χ2n) is 8.53. The summed E-state index contributed by atoms with van der Waals surface area (Å²) in [5.41, 5.74) is -1.55. The number of amides is 2. The Morgan fingerprint density at radius 3 is 2.62 bits per heavy atom. The van der Waals surface area contributed by atoms with Crippen molar-refractivity contribution in [1.82, 2.24) is 9.80 Å². The molecule has 0 aromatic rings. The molecule has 3 saturated heterocycles. The number of rotatable bonds is 2. The molecule has 3 aliphatic rings. The lowest BCUT2D eigenvalue weighted by atomic mass is 9.74. The third-order valence-electron chi connectivity index (χ3n) is 5.61. The van der Waals surface area contributed by atoms with Gasteiger partial charge in [-0.15, -0.1) is 0 Å². The Morgan fingerprint density at radius 2 is 2.00 bits per heavy atom. The molecule has 0 spiro atoms. The fourth-order valence-corrected chi connectivity index (χ4v) is 4.24. The lowest BCUT2D eigenvalue weighted by Crippen LogP contribution is -2.49. The normalized spacial score (nSPS) is 31.7. The van der Waals surface area contributed by atoms with E-state index in [1.807, 2.05) is 0 Å². The van der Waals surface area contributed by atoms with E-state index in [4.69, 9.17) is 9.47 Å². The molecule has 146 valence electrons. The molecule has 3 fully saturated rings. The Balaban J connectivity index is 1.73. The molecule has 0 radical (unpaired) electrons. The summed E-state index contributed by atoms with van der Waals surface area (Å²) >= 11 is 0. The van der Waals surface area contributed by atoms with Crippen LogP contribution in [0.2, 0.25) is 0 Å². The molecule has 26 heavy (non-hydrogen) atoms. The fourth-order valence-electron chi connectivity index (χ4n) is 4.24. The summed E-state index contributed by atoms with van der Waals surface area (Å²) in [6.45, 7) is 7.17. The molecule has 3 aliphatic heterocycles. The van der Waals surface area contributed by atoms with Gasteiger partial charge in [0.25, 0.3) is 0 Å². The number of nitrogens with zero attached hydrogens (tertiary/aromatic N) is 2. The number of carbonyl (C=O) groups is 3. The number of aliphatic carboxylic acids is 1. The quantitative estimate of drug-likeness (QED) is 0.790. The summed E-state index contributed by atoms with van der Waals surface area (Å²) in [6.07, 6.45) is 1.24. The first-order valence-electron chi connectivity index (χ1n) is 9.23. The Kier molecular flexibility index (Phi) is 4.90. The first-order chi connectivity index (χ1) is 12.1. The number of ether oxygens (including phenoxy) is 2. The van der Waals surface area contributed by atoms with Gasteiger partial charge in [0, 0.05) is 32.2 Å². The average Bonchev–Trinajstić information content (AvgIpc) is 3.17. The molecule has 8 heteroatoms. The van der Waals surface area contributed by atoms with Crippen LogP contribution in [0.4, 0.5) is 4.79 Å². The van der Waals surface area contributed by atoms with Crippen molar-refractivity contribution in [3.63, 3.8) is 0 Å². The molecule has 3 rings (SSSR count). The predicted molar refractivity (Wildman–Crippen MR) is 91.5 cm³/mol. The Hall–Kier alpha value is -1.83. The van der Waals surface area contributed by atoms with Crippen LogP contribution in [0, 0.1) is 11.3 Å². The molecule has 3 heterocycles. The van der Waals surface area contributed by atoms with Gasteiger partial charge in [-0.05, 0) is 40.0 Å². The minimum atomic E-state index is -0.927. The third-order valence-corrected chi connectivity index (χ3v) is 5.61. The molecular formula is C18H28N2O6. The Morgan fingerprint density at radius 1 is 1.27 bits per heavy atom. The van der Waals surface area contributed by atoms with Crippen molar-refractivity contribution in [1.29, 1.82) is 0 Å². The van der Waals surface area contributed by atoms with Gasteiger partial charge in [0.15, 0.2) is 0 Å². The van der Waals surface area contributed by atoms with Crippen molar-refractivity contribution < 1.29 is 29.0 Å². The Labute approximate surface area is 153 Å². The van der Waals surface area contributed by atoms with Crippen LogP contribution in [0.25, 0.3) is 0 Å². The molecule has 3 atom stereocenters. The van der Waals surface area contributed by atoms with E-state index in [-0.39, 0.29) is 18.4 Å². The van der Waals surface area contributed by atoms with Gasteiger partial charge in [0.1, 0.15) is 11.6 Å². The highest BCUT2D eigenvalue weighted by atomic mass is 16.6. The van der Waals surface area contributed by atoms with Crippen molar-refractivity contribution in [3.8, 4) is 0 Å². The van der Waals surface area contributed by atoms with Gasteiger partial charge in [0.2, 0.25) is 5.91 Å². The van der Waals surface area contributed by atoms with Crippen LogP contribution in [0.3, 0.4) is 0 Å². The molecule has 2 unspecified atom stereocenters. The minimum absolute atomic E-state index is 0.177. The number of hydrogen-bond acceptors (Lipinski definition) is 5. The van der Waals surface area contributed by atoms with E-state index >= 15 is 0 Å². The average molecular weight is 368 g/mol. The van der Waals surface area contributed by atoms with Crippen molar-refractivity contribution in [3.05, 3.63) is 0 Å². The predicted octanol–water partition coefficient (Wildman–Crippen LogP) is 1.34. The maximum atomic E-state index is 13.1. The maximum absolute atomic E-state index is 13.1. The van der Waals surface area contributed by atoms with Crippen LogP contribution in [0.5, 0.6) is 0 Å².